The molecule has 0 aromatic heterocycles. The summed E-state index contributed by atoms with van der Waals surface area (Å²) < 4.78 is 32.3. The highest BCUT2D eigenvalue weighted by Crippen LogP contribution is 2.08. The average molecular weight is 406 g/mol. The maximum Gasteiger partial charge on any atom is 0.320 e. The number of unbranched alkanes of at least 4 members (excludes halogenated alkanes) is 5. The minimum Gasteiger partial charge on any atom is -0.392 e. The summed E-state index contributed by atoms with van der Waals surface area (Å²) in [4.78, 5) is 14.3. The standard InChI is InChI=1S/C18H32N2O6S/c1-2-3-4-5-6-7-8-9-17(23)18-19(12-13-21)10-11-20(18)14-16(22)15-27(24,25)26/h8-9,16,21-22H,2-7,10-15H2,1H3/p+1/b9-8+. The molecule has 0 aliphatic carbocycles. The molecular formula is C18H33N2O6S+. The zero-order valence-electron chi connectivity index (χ0n) is 16.1. The van der Waals surface area contributed by atoms with Crippen LogP contribution in [-0.4, -0.2) is 88.9 Å². The van der Waals surface area contributed by atoms with E-state index in [0.29, 0.717) is 18.9 Å². The highest BCUT2D eigenvalue weighted by molar-refractivity contribution is 7.85. The van der Waals surface area contributed by atoms with Crippen LogP contribution in [0.5, 0.6) is 0 Å². The van der Waals surface area contributed by atoms with Crippen molar-refractivity contribution in [2.75, 3.05) is 38.5 Å². The van der Waals surface area contributed by atoms with Crippen LogP contribution in [0.15, 0.2) is 12.2 Å². The Balaban J connectivity index is 2.73. The number of rotatable bonds is 14. The van der Waals surface area contributed by atoms with Gasteiger partial charge >= 0.3 is 5.84 Å². The first kappa shape index (κ1) is 23.7. The Hall–Kier alpha value is -1.29. The second kappa shape index (κ2) is 12.2. The van der Waals surface area contributed by atoms with E-state index in [0.717, 1.165) is 19.3 Å². The van der Waals surface area contributed by atoms with Gasteiger partial charge in [0.05, 0.1) is 6.61 Å². The summed E-state index contributed by atoms with van der Waals surface area (Å²) >= 11 is 0. The predicted molar refractivity (Wildman–Crippen MR) is 104 cm³/mol. The quantitative estimate of drug-likeness (QED) is 0.166. The van der Waals surface area contributed by atoms with E-state index in [1.54, 1.807) is 9.48 Å². The zero-order valence-corrected chi connectivity index (χ0v) is 16.9. The molecule has 0 fully saturated rings. The lowest BCUT2D eigenvalue weighted by molar-refractivity contribution is -0.525. The van der Waals surface area contributed by atoms with Crippen LogP contribution in [0.1, 0.15) is 45.4 Å². The molecule has 0 amide bonds. The van der Waals surface area contributed by atoms with E-state index in [2.05, 4.69) is 6.92 Å². The molecule has 1 heterocycles. The van der Waals surface area contributed by atoms with Crippen LogP contribution in [-0.2, 0) is 14.9 Å². The fourth-order valence-corrected chi connectivity index (χ4v) is 3.75. The smallest absolute Gasteiger partial charge is 0.320 e. The van der Waals surface area contributed by atoms with Crippen molar-refractivity contribution in [3.63, 3.8) is 0 Å². The Labute approximate surface area is 161 Å². The number of amidine groups is 1. The summed E-state index contributed by atoms with van der Waals surface area (Å²) in [6.45, 7) is 3.21. The molecule has 3 N–H and O–H groups in total. The van der Waals surface area contributed by atoms with Gasteiger partial charge in [-0.05, 0) is 18.9 Å². The maximum absolute atomic E-state index is 12.6. The van der Waals surface area contributed by atoms with E-state index >= 15 is 0 Å². The van der Waals surface area contributed by atoms with Crippen molar-refractivity contribution in [2.45, 2.75) is 51.6 Å². The topological polar surface area (TPSA) is 118 Å². The fourth-order valence-electron chi connectivity index (χ4n) is 3.16. The monoisotopic (exact) mass is 405 g/mol. The van der Waals surface area contributed by atoms with E-state index in [9.17, 15) is 23.4 Å². The summed E-state index contributed by atoms with van der Waals surface area (Å²) in [5.74, 6) is -0.660. The fraction of sp³-hybridized carbons (Fsp3) is 0.778. The Kier molecular flexibility index (Phi) is 10.8. The van der Waals surface area contributed by atoms with Crippen molar-refractivity contribution < 1.29 is 32.6 Å². The van der Waals surface area contributed by atoms with Crippen LogP contribution in [0.3, 0.4) is 0 Å². The minimum atomic E-state index is -4.29. The molecule has 1 rings (SSSR count). The summed E-state index contributed by atoms with van der Waals surface area (Å²) in [5, 5.41) is 19.1. The van der Waals surface area contributed by atoms with Crippen LogP contribution >= 0.6 is 0 Å². The van der Waals surface area contributed by atoms with Gasteiger partial charge in [-0.15, -0.1) is 0 Å². The number of β-amino-alcohol motifs (C(OH)–C–C–N with tert-alkyl or cyclic N) is 2. The molecule has 0 bridgehead atoms. The molecule has 1 atom stereocenters. The number of ketones is 1. The van der Waals surface area contributed by atoms with E-state index in [4.69, 9.17) is 4.55 Å². The molecule has 0 aromatic rings. The molecule has 0 aromatic carbocycles. The Morgan fingerprint density at radius 1 is 1.30 bits per heavy atom. The van der Waals surface area contributed by atoms with Crippen LogP contribution in [0, 0.1) is 0 Å². The predicted octanol–water partition coefficient (Wildman–Crippen LogP) is 0.440. The van der Waals surface area contributed by atoms with Crippen molar-refractivity contribution in [1.82, 2.24) is 4.90 Å². The highest BCUT2D eigenvalue weighted by Gasteiger charge is 2.35. The van der Waals surface area contributed by atoms with Gasteiger partial charge in [0.15, 0.2) is 0 Å². The molecule has 8 nitrogen and oxygen atoms in total. The molecule has 156 valence electrons. The van der Waals surface area contributed by atoms with Crippen LogP contribution in [0.25, 0.3) is 0 Å². The molecule has 1 aliphatic heterocycles. The van der Waals surface area contributed by atoms with Crippen molar-refractivity contribution >= 4 is 21.7 Å². The molecule has 0 saturated carbocycles. The third-order valence-corrected chi connectivity index (χ3v) is 5.21. The summed E-state index contributed by atoms with van der Waals surface area (Å²) in [7, 11) is -4.29. The van der Waals surface area contributed by atoms with E-state index in [1.807, 2.05) is 6.08 Å². The minimum absolute atomic E-state index is 0.0757. The summed E-state index contributed by atoms with van der Waals surface area (Å²) in [6.07, 6.45) is 8.61. The number of nitrogens with zero attached hydrogens (tertiary/aromatic N) is 2. The average Bonchev–Trinajstić information content (AvgIpc) is 2.94. The Bertz CT molecular complexity index is 630. The Morgan fingerprint density at radius 2 is 2.00 bits per heavy atom. The lowest BCUT2D eigenvalue weighted by Gasteiger charge is -2.11. The molecule has 9 heteroatoms. The van der Waals surface area contributed by atoms with E-state index < -0.39 is 22.0 Å². The van der Waals surface area contributed by atoms with Crippen molar-refractivity contribution in [2.24, 2.45) is 0 Å². The number of carbonyl (C=O) groups is 1. The van der Waals surface area contributed by atoms with Gasteiger partial charge in [0.2, 0.25) is 0 Å². The first-order valence-electron chi connectivity index (χ1n) is 9.60. The number of hydrogen-bond acceptors (Lipinski definition) is 6. The second-order valence-corrected chi connectivity index (χ2v) is 8.35. The van der Waals surface area contributed by atoms with E-state index in [-0.39, 0.29) is 25.5 Å². The van der Waals surface area contributed by atoms with Crippen molar-refractivity contribution in [3.05, 3.63) is 12.2 Å². The molecule has 1 unspecified atom stereocenters. The normalized spacial score (nSPS) is 16.5. The number of carbonyl (C=O) groups excluding carboxylic acids is 1. The lowest BCUT2D eigenvalue weighted by Crippen LogP contribution is -2.39. The number of aliphatic hydroxyl groups is 2. The molecule has 0 radical (unpaired) electrons. The highest BCUT2D eigenvalue weighted by atomic mass is 32.2. The number of hydrogen-bond donors (Lipinski definition) is 3. The van der Waals surface area contributed by atoms with Gasteiger partial charge in [0.25, 0.3) is 15.9 Å². The molecule has 0 spiro atoms. The first-order valence-corrected chi connectivity index (χ1v) is 11.2. The van der Waals surface area contributed by atoms with Gasteiger partial charge < -0.3 is 10.2 Å². The van der Waals surface area contributed by atoms with Gasteiger partial charge in [-0.1, -0.05) is 38.7 Å². The SMILES string of the molecule is CCCCCCC/C=C/C(=O)C1=[N+](CC(O)CS(=O)(=O)O)CCN1CCO. The van der Waals surface area contributed by atoms with Crippen LogP contribution in [0.2, 0.25) is 0 Å². The Morgan fingerprint density at radius 3 is 2.63 bits per heavy atom. The number of allylic oxidation sites excluding steroid dienone is 1. The third-order valence-electron chi connectivity index (χ3n) is 4.41. The molecular weight excluding hydrogens is 372 g/mol. The first-order chi connectivity index (χ1) is 12.8. The van der Waals surface area contributed by atoms with Crippen LogP contribution in [0.4, 0.5) is 0 Å². The van der Waals surface area contributed by atoms with Crippen molar-refractivity contribution in [3.8, 4) is 0 Å². The third kappa shape index (κ3) is 9.46. The summed E-state index contributed by atoms with van der Waals surface area (Å²) in [5.41, 5.74) is 0. The molecule has 0 saturated heterocycles. The van der Waals surface area contributed by atoms with Crippen LogP contribution < -0.4 is 0 Å². The van der Waals surface area contributed by atoms with Gasteiger partial charge in [-0.3, -0.25) is 18.8 Å². The second-order valence-electron chi connectivity index (χ2n) is 6.85. The van der Waals surface area contributed by atoms with E-state index in [1.165, 1.54) is 25.3 Å². The van der Waals surface area contributed by atoms with Gasteiger partial charge in [-0.25, -0.2) is 0 Å². The maximum atomic E-state index is 12.6. The largest absolute Gasteiger partial charge is 0.392 e. The van der Waals surface area contributed by atoms with Gasteiger partial charge in [-0.2, -0.15) is 8.42 Å². The van der Waals surface area contributed by atoms with Gasteiger partial charge in [0, 0.05) is 0 Å². The molecule has 1 aliphatic rings. The van der Waals surface area contributed by atoms with Gasteiger partial charge in [0.1, 0.15) is 38.0 Å². The molecule has 27 heavy (non-hydrogen) atoms. The lowest BCUT2D eigenvalue weighted by atomic mass is 10.1. The number of aliphatic hydroxyl groups excluding tert-OH is 2. The van der Waals surface area contributed by atoms with Crippen molar-refractivity contribution in [1.29, 1.82) is 0 Å². The summed E-state index contributed by atoms with van der Waals surface area (Å²) in [6, 6.07) is 0. The zero-order chi connectivity index (χ0) is 20.3.